The van der Waals surface area contributed by atoms with Crippen molar-refractivity contribution in [1.29, 1.82) is 0 Å². The minimum Gasteiger partial charge on any atom is -0.395 e. The van der Waals surface area contributed by atoms with Crippen LogP contribution in [-0.2, 0) is 0 Å². The number of aryl methyl sites for hydroxylation is 1. The maximum atomic E-state index is 12.3. The molecule has 3 nitrogen and oxygen atoms in total. The topological polar surface area (TPSA) is 40.5 Å². The normalized spacial score (nSPS) is 10.7. The van der Waals surface area contributed by atoms with Gasteiger partial charge in [0.1, 0.15) is 0 Å². The van der Waals surface area contributed by atoms with Crippen LogP contribution in [0.5, 0.6) is 0 Å². The summed E-state index contributed by atoms with van der Waals surface area (Å²) >= 11 is 5.90. The van der Waals surface area contributed by atoms with E-state index in [0.717, 1.165) is 5.56 Å². The van der Waals surface area contributed by atoms with Crippen molar-refractivity contribution >= 4 is 17.5 Å². The van der Waals surface area contributed by atoms with Gasteiger partial charge in [-0.05, 0) is 38.5 Å². The Labute approximate surface area is 107 Å². The van der Waals surface area contributed by atoms with Gasteiger partial charge in [-0.15, -0.1) is 0 Å². The number of carbonyl (C=O) groups excluding carboxylic acids is 1. The van der Waals surface area contributed by atoms with E-state index in [-0.39, 0.29) is 18.6 Å². The molecule has 0 aliphatic rings. The molecule has 1 aromatic rings. The molecular formula is C13H18ClNO2. The summed E-state index contributed by atoms with van der Waals surface area (Å²) in [5.74, 6) is -0.0888. The van der Waals surface area contributed by atoms with E-state index in [9.17, 15) is 4.79 Å². The van der Waals surface area contributed by atoms with Crippen LogP contribution in [0.15, 0.2) is 18.2 Å². The van der Waals surface area contributed by atoms with E-state index in [4.69, 9.17) is 16.7 Å². The number of rotatable bonds is 4. The standard InChI is InChI=1S/C13H18ClNO2/c1-9(2)15(6-7-16)13(17)12-8-11(14)5-4-10(12)3/h4-5,8-9,16H,6-7H2,1-3H3. The summed E-state index contributed by atoms with van der Waals surface area (Å²) in [7, 11) is 0. The summed E-state index contributed by atoms with van der Waals surface area (Å²) < 4.78 is 0. The van der Waals surface area contributed by atoms with E-state index >= 15 is 0 Å². The summed E-state index contributed by atoms with van der Waals surface area (Å²) in [4.78, 5) is 13.9. The second-order valence-electron chi connectivity index (χ2n) is 4.28. The summed E-state index contributed by atoms with van der Waals surface area (Å²) in [5, 5.41) is 9.53. The maximum absolute atomic E-state index is 12.3. The second-order valence-corrected chi connectivity index (χ2v) is 4.71. The van der Waals surface area contributed by atoms with E-state index in [1.165, 1.54) is 0 Å². The zero-order chi connectivity index (χ0) is 13.0. The number of benzene rings is 1. The molecule has 17 heavy (non-hydrogen) atoms. The third-order valence-corrected chi connectivity index (χ3v) is 2.89. The molecule has 0 heterocycles. The minimum atomic E-state index is -0.0888. The van der Waals surface area contributed by atoms with Crippen LogP contribution >= 0.6 is 11.6 Å². The van der Waals surface area contributed by atoms with Gasteiger partial charge in [0.15, 0.2) is 0 Å². The Morgan fingerprint density at radius 1 is 1.47 bits per heavy atom. The van der Waals surface area contributed by atoms with Gasteiger partial charge in [-0.25, -0.2) is 0 Å². The van der Waals surface area contributed by atoms with Crippen LogP contribution in [0.2, 0.25) is 5.02 Å². The number of aliphatic hydroxyl groups is 1. The highest BCUT2D eigenvalue weighted by Gasteiger charge is 2.19. The van der Waals surface area contributed by atoms with E-state index in [2.05, 4.69) is 0 Å². The Balaban J connectivity index is 3.04. The van der Waals surface area contributed by atoms with Crippen LogP contribution in [0.4, 0.5) is 0 Å². The van der Waals surface area contributed by atoms with Gasteiger partial charge in [-0.2, -0.15) is 0 Å². The van der Waals surface area contributed by atoms with Crippen LogP contribution in [0.25, 0.3) is 0 Å². The molecule has 0 aliphatic carbocycles. The Morgan fingerprint density at radius 3 is 2.65 bits per heavy atom. The highest BCUT2D eigenvalue weighted by Crippen LogP contribution is 2.18. The average molecular weight is 256 g/mol. The van der Waals surface area contributed by atoms with Crippen LogP contribution in [0.1, 0.15) is 29.8 Å². The van der Waals surface area contributed by atoms with E-state index in [1.54, 1.807) is 17.0 Å². The van der Waals surface area contributed by atoms with Crippen molar-refractivity contribution < 1.29 is 9.90 Å². The summed E-state index contributed by atoms with van der Waals surface area (Å²) in [5.41, 5.74) is 1.49. The van der Waals surface area contributed by atoms with Gasteiger partial charge in [0, 0.05) is 23.2 Å². The summed E-state index contributed by atoms with van der Waals surface area (Å²) in [6.45, 7) is 6.02. The SMILES string of the molecule is Cc1ccc(Cl)cc1C(=O)N(CCO)C(C)C. The third kappa shape index (κ3) is 3.45. The first-order valence-electron chi connectivity index (χ1n) is 5.65. The molecule has 0 aromatic heterocycles. The summed E-state index contributed by atoms with van der Waals surface area (Å²) in [6, 6.07) is 5.31. The highest BCUT2D eigenvalue weighted by atomic mass is 35.5. The van der Waals surface area contributed by atoms with Crippen LogP contribution in [0, 0.1) is 6.92 Å². The molecule has 0 atom stereocenters. The lowest BCUT2D eigenvalue weighted by Crippen LogP contribution is -2.39. The molecule has 0 saturated carbocycles. The Kier molecular flexibility index (Phi) is 4.97. The quantitative estimate of drug-likeness (QED) is 0.898. The second kappa shape index (κ2) is 6.03. The Bertz CT molecular complexity index is 404. The molecule has 1 amide bonds. The highest BCUT2D eigenvalue weighted by molar-refractivity contribution is 6.31. The lowest BCUT2D eigenvalue weighted by atomic mass is 10.1. The smallest absolute Gasteiger partial charge is 0.254 e. The maximum Gasteiger partial charge on any atom is 0.254 e. The van der Waals surface area contributed by atoms with Gasteiger partial charge in [0.25, 0.3) is 5.91 Å². The monoisotopic (exact) mass is 255 g/mol. The van der Waals surface area contributed by atoms with Crippen LogP contribution in [-0.4, -0.2) is 35.1 Å². The van der Waals surface area contributed by atoms with Crippen molar-refractivity contribution in [3.63, 3.8) is 0 Å². The molecule has 1 N–H and O–H groups in total. The first-order chi connectivity index (χ1) is 7.97. The number of halogens is 1. The van der Waals surface area contributed by atoms with Crippen molar-refractivity contribution in [2.24, 2.45) is 0 Å². The molecule has 0 bridgehead atoms. The fraction of sp³-hybridized carbons (Fsp3) is 0.462. The van der Waals surface area contributed by atoms with Crippen LogP contribution < -0.4 is 0 Å². The minimum absolute atomic E-state index is 0.0382. The number of nitrogens with zero attached hydrogens (tertiary/aromatic N) is 1. The van der Waals surface area contributed by atoms with E-state index < -0.39 is 0 Å². The fourth-order valence-electron chi connectivity index (χ4n) is 1.68. The lowest BCUT2D eigenvalue weighted by Gasteiger charge is -2.26. The van der Waals surface area contributed by atoms with Crippen molar-refractivity contribution in [3.05, 3.63) is 34.3 Å². The van der Waals surface area contributed by atoms with E-state index in [0.29, 0.717) is 17.1 Å². The zero-order valence-electron chi connectivity index (χ0n) is 10.4. The molecule has 4 heteroatoms. The van der Waals surface area contributed by atoms with Crippen LogP contribution in [0.3, 0.4) is 0 Å². The van der Waals surface area contributed by atoms with Crippen molar-refractivity contribution in [2.45, 2.75) is 26.8 Å². The van der Waals surface area contributed by atoms with Gasteiger partial charge in [0.2, 0.25) is 0 Å². The molecule has 1 rings (SSSR count). The first-order valence-corrected chi connectivity index (χ1v) is 6.03. The molecule has 0 saturated heterocycles. The molecule has 0 aliphatic heterocycles. The molecule has 0 spiro atoms. The predicted molar refractivity (Wildman–Crippen MR) is 69.4 cm³/mol. The Morgan fingerprint density at radius 2 is 2.12 bits per heavy atom. The number of hydrogen-bond acceptors (Lipinski definition) is 2. The summed E-state index contributed by atoms with van der Waals surface area (Å²) in [6.07, 6.45) is 0. The molecule has 1 aromatic carbocycles. The number of hydrogen-bond donors (Lipinski definition) is 1. The average Bonchev–Trinajstić information content (AvgIpc) is 2.28. The van der Waals surface area contributed by atoms with Crippen molar-refractivity contribution in [3.8, 4) is 0 Å². The predicted octanol–water partition coefficient (Wildman–Crippen LogP) is 2.49. The molecular weight excluding hydrogens is 238 g/mol. The molecule has 94 valence electrons. The third-order valence-electron chi connectivity index (χ3n) is 2.66. The van der Waals surface area contributed by atoms with Crippen molar-refractivity contribution in [1.82, 2.24) is 4.90 Å². The molecule has 0 radical (unpaired) electrons. The molecule has 0 unspecified atom stereocenters. The first kappa shape index (κ1) is 14.0. The van der Waals surface area contributed by atoms with E-state index in [1.807, 2.05) is 26.8 Å². The van der Waals surface area contributed by atoms with Crippen molar-refractivity contribution in [2.75, 3.05) is 13.2 Å². The van der Waals surface area contributed by atoms with Gasteiger partial charge in [-0.1, -0.05) is 17.7 Å². The largest absolute Gasteiger partial charge is 0.395 e. The fourth-order valence-corrected chi connectivity index (χ4v) is 1.85. The zero-order valence-corrected chi connectivity index (χ0v) is 11.2. The van der Waals surface area contributed by atoms with Gasteiger partial charge < -0.3 is 10.0 Å². The number of aliphatic hydroxyl groups excluding tert-OH is 1. The number of amides is 1. The lowest BCUT2D eigenvalue weighted by molar-refractivity contribution is 0.0664. The van der Waals surface area contributed by atoms with Gasteiger partial charge in [-0.3, -0.25) is 4.79 Å². The van der Waals surface area contributed by atoms with Gasteiger partial charge >= 0.3 is 0 Å². The Hall–Kier alpha value is -1.06. The molecule has 0 fully saturated rings. The van der Waals surface area contributed by atoms with Gasteiger partial charge in [0.05, 0.1) is 6.61 Å². The number of carbonyl (C=O) groups is 1.